The van der Waals surface area contributed by atoms with Crippen LogP contribution in [0.4, 0.5) is 0 Å². The minimum atomic E-state index is -0.177. The Kier molecular flexibility index (Phi) is 4.13. The van der Waals surface area contributed by atoms with Crippen LogP contribution in [0.5, 0.6) is 0 Å². The fourth-order valence-corrected chi connectivity index (χ4v) is 3.23. The molecule has 0 amide bonds. The van der Waals surface area contributed by atoms with E-state index in [1.165, 1.54) is 18.4 Å². The van der Waals surface area contributed by atoms with Crippen molar-refractivity contribution < 1.29 is 4.52 Å². The normalized spacial score (nSPS) is 26.0. The molecule has 1 fully saturated rings. The van der Waals surface area contributed by atoms with Gasteiger partial charge in [0.1, 0.15) is 0 Å². The van der Waals surface area contributed by atoms with E-state index in [4.69, 9.17) is 10.3 Å². The van der Waals surface area contributed by atoms with Gasteiger partial charge in [-0.2, -0.15) is 4.98 Å². The molecule has 0 saturated heterocycles. The molecule has 4 nitrogen and oxygen atoms in total. The summed E-state index contributed by atoms with van der Waals surface area (Å²) >= 11 is 3.44. The monoisotopic (exact) mass is 349 g/mol. The van der Waals surface area contributed by atoms with E-state index >= 15 is 0 Å². The molecule has 1 heterocycles. The van der Waals surface area contributed by atoms with E-state index in [0.717, 1.165) is 23.1 Å². The smallest absolute Gasteiger partial charge is 0.234 e. The van der Waals surface area contributed by atoms with Crippen molar-refractivity contribution in [3.05, 3.63) is 46.0 Å². The van der Waals surface area contributed by atoms with Gasteiger partial charge in [-0.25, -0.2) is 0 Å². The molecule has 2 N–H and O–H groups in total. The summed E-state index contributed by atoms with van der Waals surface area (Å²) < 4.78 is 6.59. The number of hydrogen-bond donors (Lipinski definition) is 1. The highest BCUT2D eigenvalue weighted by molar-refractivity contribution is 9.10. The number of nitrogens with zero attached hydrogens (tertiary/aromatic N) is 2. The van der Waals surface area contributed by atoms with Crippen LogP contribution < -0.4 is 5.73 Å². The molecular weight excluding hydrogens is 330 g/mol. The summed E-state index contributed by atoms with van der Waals surface area (Å²) in [4.78, 5) is 4.60. The van der Waals surface area contributed by atoms with Gasteiger partial charge in [-0.05, 0) is 37.5 Å². The Morgan fingerprint density at radius 2 is 2.10 bits per heavy atom. The number of halogens is 1. The van der Waals surface area contributed by atoms with Crippen LogP contribution in [-0.2, 0) is 11.8 Å². The molecule has 0 radical (unpaired) electrons. The second-order valence-electron chi connectivity index (χ2n) is 6.09. The van der Waals surface area contributed by atoms with E-state index in [-0.39, 0.29) is 11.5 Å². The highest BCUT2D eigenvalue weighted by atomic mass is 79.9. The molecule has 21 heavy (non-hydrogen) atoms. The number of benzene rings is 1. The third kappa shape index (κ3) is 3.04. The third-order valence-electron chi connectivity index (χ3n) is 4.51. The van der Waals surface area contributed by atoms with E-state index in [9.17, 15) is 0 Å². The summed E-state index contributed by atoms with van der Waals surface area (Å²) in [5, 5.41) is 4.14. The van der Waals surface area contributed by atoms with Gasteiger partial charge in [-0.3, -0.25) is 0 Å². The molecular formula is C16H20BrN3O. The largest absolute Gasteiger partial charge is 0.339 e. The van der Waals surface area contributed by atoms with Gasteiger partial charge in [0.2, 0.25) is 5.89 Å². The van der Waals surface area contributed by atoms with Crippen LogP contribution in [-0.4, -0.2) is 16.2 Å². The Morgan fingerprint density at radius 3 is 2.81 bits per heavy atom. The molecule has 3 rings (SSSR count). The summed E-state index contributed by atoms with van der Waals surface area (Å²) in [6.45, 7) is 2.15. The summed E-state index contributed by atoms with van der Waals surface area (Å²) in [5.74, 6) is 1.42. The Bertz CT molecular complexity index is 610. The quantitative estimate of drug-likeness (QED) is 0.919. The lowest BCUT2D eigenvalue weighted by molar-refractivity contribution is 0.203. The second kappa shape index (κ2) is 5.89. The molecule has 1 aliphatic rings. The number of aromatic nitrogens is 2. The molecule has 5 heteroatoms. The minimum absolute atomic E-state index is 0.104. The average molecular weight is 350 g/mol. The fourth-order valence-electron chi connectivity index (χ4n) is 2.97. The molecule has 0 spiro atoms. The van der Waals surface area contributed by atoms with Gasteiger partial charge < -0.3 is 10.3 Å². The maximum atomic E-state index is 6.29. The van der Waals surface area contributed by atoms with Crippen molar-refractivity contribution in [3.8, 4) is 0 Å². The molecule has 2 unspecified atom stereocenters. The Morgan fingerprint density at radius 1 is 1.33 bits per heavy atom. The second-order valence-corrected chi connectivity index (χ2v) is 7.00. The molecule has 0 bridgehead atoms. The van der Waals surface area contributed by atoms with E-state index in [2.05, 4.69) is 45.1 Å². The van der Waals surface area contributed by atoms with Crippen LogP contribution in [0.2, 0.25) is 0 Å². The first-order valence-electron chi connectivity index (χ1n) is 7.41. The standard InChI is InChI=1S/C16H20BrN3O/c1-16(9-3-2-4-13(16)18)15-19-14(20-21-15)10-11-5-7-12(17)8-6-11/h5-8,13H,2-4,9-10,18H2,1H3. The molecule has 2 atom stereocenters. The van der Waals surface area contributed by atoms with Crippen LogP contribution >= 0.6 is 15.9 Å². The highest BCUT2D eigenvalue weighted by Gasteiger charge is 2.40. The minimum Gasteiger partial charge on any atom is -0.339 e. The van der Waals surface area contributed by atoms with Crippen molar-refractivity contribution in [3.63, 3.8) is 0 Å². The lowest BCUT2D eigenvalue weighted by atomic mass is 9.72. The van der Waals surface area contributed by atoms with Crippen LogP contribution in [0.15, 0.2) is 33.3 Å². The number of hydrogen-bond acceptors (Lipinski definition) is 4. The number of nitrogens with two attached hydrogens (primary N) is 1. The van der Waals surface area contributed by atoms with Crippen molar-refractivity contribution >= 4 is 15.9 Å². The predicted molar refractivity (Wildman–Crippen MR) is 85.0 cm³/mol. The van der Waals surface area contributed by atoms with Gasteiger partial charge in [0.05, 0.1) is 5.41 Å². The Labute approximate surface area is 133 Å². The maximum Gasteiger partial charge on any atom is 0.234 e. The predicted octanol–water partition coefficient (Wildman–Crippen LogP) is 3.58. The van der Waals surface area contributed by atoms with E-state index in [1.807, 2.05) is 12.1 Å². The van der Waals surface area contributed by atoms with Crippen molar-refractivity contribution in [2.75, 3.05) is 0 Å². The van der Waals surface area contributed by atoms with Crippen molar-refractivity contribution in [1.82, 2.24) is 10.1 Å². The molecule has 1 aromatic carbocycles. The molecule has 2 aromatic rings. The van der Waals surface area contributed by atoms with Gasteiger partial charge in [0, 0.05) is 16.9 Å². The first-order chi connectivity index (χ1) is 10.1. The highest BCUT2D eigenvalue weighted by Crippen LogP contribution is 2.37. The van der Waals surface area contributed by atoms with Crippen molar-refractivity contribution in [2.45, 2.75) is 50.5 Å². The van der Waals surface area contributed by atoms with E-state index in [0.29, 0.717) is 12.3 Å². The van der Waals surface area contributed by atoms with Crippen molar-refractivity contribution in [1.29, 1.82) is 0 Å². The summed E-state index contributed by atoms with van der Waals surface area (Å²) in [6, 6.07) is 8.28. The maximum absolute atomic E-state index is 6.29. The van der Waals surface area contributed by atoms with Gasteiger partial charge in [0.15, 0.2) is 5.82 Å². The first kappa shape index (κ1) is 14.7. The number of rotatable bonds is 3. The zero-order valence-electron chi connectivity index (χ0n) is 12.2. The topological polar surface area (TPSA) is 64.9 Å². The molecule has 0 aliphatic heterocycles. The SMILES string of the molecule is CC1(c2nc(Cc3ccc(Br)cc3)no2)CCCCC1N. The third-order valence-corrected chi connectivity index (χ3v) is 5.04. The van der Waals surface area contributed by atoms with E-state index in [1.54, 1.807) is 0 Å². The van der Waals surface area contributed by atoms with Gasteiger partial charge in [-0.15, -0.1) is 0 Å². The van der Waals surface area contributed by atoms with Crippen molar-refractivity contribution in [2.24, 2.45) is 5.73 Å². The summed E-state index contributed by atoms with van der Waals surface area (Å²) in [6.07, 6.45) is 5.10. The van der Waals surface area contributed by atoms with Crippen LogP contribution in [0.3, 0.4) is 0 Å². The van der Waals surface area contributed by atoms with Gasteiger partial charge in [-0.1, -0.05) is 46.1 Å². The first-order valence-corrected chi connectivity index (χ1v) is 8.20. The zero-order valence-corrected chi connectivity index (χ0v) is 13.8. The summed E-state index contributed by atoms with van der Waals surface area (Å²) in [7, 11) is 0. The van der Waals surface area contributed by atoms with Crippen LogP contribution in [0.1, 0.15) is 49.9 Å². The average Bonchev–Trinajstić information content (AvgIpc) is 2.94. The van der Waals surface area contributed by atoms with Gasteiger partial charge >= 0.3 is 0 Å². The zero-order chi connectivity index (χ0) is 14.9. The van der Waals surface area contributed by atoms with Crippen LogP contribution in [0.25, 0.3) is 0 Å². The fraction of sp³-hybridized carbons (Fsp3) is 0.500. The van der Waals surface area contributed by atoms with Gasteiger partial charge in [0.25, 0.3) is 0 Å². The lowest BCUT2D eigenvalue weighted by Gasteiger charge is -2.35. The van der Waals surface area contributed by atoms with Crippen LogP contribution in [0, 0.1) is 0 Å². The molecule has 112 valence electrons. The molecule has 1 aliphatic carbocycles. The van der Waals surface area contributed by atoms with E-state index < -0.39 is 0 Å². The summed E-state index contributed by atoms with van der Waals surface area (Å²) in [5.41, 5.74) is 7.28. The lowest BCUT2D eigenvalue weighted by Crippen LogP contribution is -2.45. The molecule has 1 aromatic heterocycles. The Hall–Kier alpha value is -1.20. The Balaban J connectivity index is 1.78. The molecule has 1 saturated carbocycles.